The molecule has 0 N–H and O–H groups in total. The number of unbranched alkanes of at least 4 members (excludes halogenated alkanes) is 1. The second-order valence-electron chi connectivity index (χ2n) is 4.10. The van der Waals surface area contributed by atoms with E-state index in [0.29, 0.717) is 6.61 Å². The smallest absolute Gasteiger partial charge is 0.309 e. The lowest BCUT2D eigenvalue weighted by molar-refractivity contribution is -0.161. The van der Waals surface area contributed by atoms with Gasteiger partial charge in [-0.2, -0.15) is 0 Å². The van der Waals surface area contributed by atoms with Crippen LogP contribution in [0.2, 0.25) is 0 Å². The Morgan fingerprint density at radius 2 is 1.87 bits per heavy atom. The maximum atomic E-state index is 11.3. The van der Waals surface area contributed by atoms with Crippen molar-refractivity contribution < 1.29 is 19.1 Å². The lowest BCUT2D eigenvalue weighted by atomic mass is 10.1. The summed E-state index contributed by atoms with van der Waals surface area (Å²) in [6.45, 7) is 7.16. The molecule has 0 aromatic heterocycles. The van der Waals surface area contributed by atoms with Crippen LogP contribution in [-0.4, -0.2) is 24.1 Å². The van der Waals surface area contributed by atoms with Crippen LogP contribution in [0.15, 0.2) is 0 Å². The third kappa shape index (κ3) is 7.97. The van der Waals surface area contributed by atoms with Crippen LogP contribution in [-0.2, 0) is 19.1 Å². The molecule has 4 heteroatoms. The second-order valence-corrected chi connectivity index (χ2v) is 4.10. The van der Waals surface area contributed by atoms with E-state index in [0.717, 1.165) is 12.8 Å². The standard InChI is InChI=1S/C11H20O4/c1-5-6-7-14-10(13)8-11(3,4)15-9(2)12/h5-8H2,1-4H3. The lowest BCUT2D eigenvalue weighted by Crippen LogP contribution is -2.30. The van der Waals surface area contributed by atoms with E-state index >= 15 is 0 Å². The van der Waals surface area contributed by atoms with E-state index in [1.807, 2.05) is 6.92 Å². The lowest BCUT2D eigenvalue weighted by Gasteiger charge is -2.23. The van der Waals surface area contributed by atoms with Crippen molar-refractivity contribution in [2.75, 3.05) is 6.61 Å². The van der Waals surface area contributed by atoms with Crippen LogP contribution in [0, 0.1) is 0 Å². The summed E-state index contributed by atoms with van der Waals surface area (Å²) in [5.74, 6) is -0.712. The van der Waals surface area contributed by atoms with Gasteiger partial charge in [-0.3, -0.25) is 9.59 Å². The van der Waals surface area contributed by atoms with Gasteiger partial charge in [-0.1, -0.05) is 13.3 Å². The number of carbonyl (C=O) groups is 2. The molecule has 0 saturated heterocycles. The number of esters is 2. The summed E-state index contributed by atoms with van der Waals surface area (Å²) in [5.41, 5.74) is -0.783. The maximum absolute atomic E-state index is 11.3. The molecule has 0 aliphatic heterocycles. The molecule has 0 heterocycles. The summed E-state index contributed by atoms with van der Waals surface area (Å²) >= 11 is 0. The monoisotopic (exact) mass is 216 g/mol. The zero-order valence-electron chi connectivity index (χ0n) is 9.96. The van der Waals surface area contributed by atoms with Gasteiger partial charge in [0.2, 0.25) is 0 Å². The Labute approximate surface area is 90.9 Å². The van der Waals surface area contributed by atoms with Gasteiger partial charge in [-0.05, 0) is 20.3 Å². The van der Waals surface area contributed by atoms with Crippen LogP contribution >= 0.6 is 0 Å². The van der Waals surface area contributed by atoms with Crippen molar-refractivity contribution in [3.05, 3.63) is 0 Å². The SMILES string of the molecule is CCCCOC(=O)CC(C)(C)OC(C)=O. The number of hydrogen-bond acceptors (Lipinski definition) is 4. The highest BCUT2D eigenvalue weighted by molar-refractivity contribution is 5.72. The zero-order valence-corrected chi connectivity index (χ0v) is 9.96. The van der Waals surface area contributed by atoms with Gasteiger partial charge in [-0.25, -0.2) is 0 Å². The number of hydrogen-bond donors (Lipinski definition) is 0. The molecule has 0 amide bonds. The highest BCUT2D eigenvalue weighted by atomic mass is 16.6. The molecule has 0 aliphatic rings. The minimum Gasteiger partial charge on any atom is -0.466 e. The summed E-state index contributed by atoms with van der Waals surface area (Å²) in [6, 6.07) is 0. The molecule has 0 aromatic carbocycles. The predicted octanol–water partition coefficient (Wildman–Crippen LogP) is 2.06. The van der Waals surface area contributed by atoms with Gasteiger partial charge in [0.1, 0.15) is 5.60 Å². The molecule has 0 radical (unpaired) electrons. The van der Waals surface area contributed by atoms with Crippen molar-refractivity contribution in [3.8, 4) is 0 Å². The van der Waals surface area contributed by atoms with Gasteiger partial charge < -0.3 is 9.47 Å². The van der Waals surface area contributed by atoms with Crippen molar-refractivity contribution in [1.82, 2.24) is 0 Å². The molecule has 0 rings (SSSR count). The molecule has 0 bridgehead atoms. The Morgan fingerprint density at radius 3 is 2.33 bits per heavy atom. The Kier molecular flexibility index (Phi) is 5.97. The van der Waals surface area contributed by atoms with Crippen molar-refractivity contribution in [2.45, 2.75) is 52.6 Å². The molecule has 0 unspecified atom stereocenters. The highest BCUT2D eigenvalue weighted by Gasteiger charge is 2.25. The Bertz CT molecular complexity index is 221. The number of carbonyl (C=O) groups excluding carboxylic acids is 2. The van der Waals surface area contributed by atoms with Crippen molar-refractivity contribution in [2.24, 2.45) is 0 Å². The van der Waals surface area contributed by atoms with Crippen molar-refractivity contribution in [1.29, 1.82) is 0 Å². The molecule has 0 fully saturated rings. The summed E-state index contributed by atoms with van der Waals surface area (Å²) in [7, 11) is 0. The van der Waals surface area contributed by atoms with Gasteiger partial charge in [0.05, 0.1) is 13.0 Å². The van der Waals surface area contributed by atoms with E-state index in [9.17, 15) is 9.59 Å². The Hall–Kier alpha value is -1.06. The summed E-state index contributed by atoms with van der Waals surface area (Å²) in [5, 5.41) is 0. The number of rotatable bonds is 6. The van der Waals surface area contributed by atoms with Crippen LogP contribution in [0.25, 0.3) is 0 Å². The third-order valence-corrected chi connectivity index (χ3v) is 1.75. The summed E-state index contributed by atoms with van der Waals surface area (Å²) < 4.78 is 9.94. The molecule has 0 saturated carbocycles. The quantitative estimate of drug-likeness (QED) is 0.503. The molecule has 0 aromatic rings. The topological polar surface area (TPSA) is 52.6 Å². The first kappa shape index (κ1) is 13.9. The normalized spacial score (nSPS) is 10.9. The molecular formula is C11H20O4. The largest absolute Gasteiger partial charge is 0.466 e. The first-order valence-electron chi connectivity index (χ1n) is 5.22. The molecule has 88 valence electrons. The molecular weight excluding hydrogens is 196 g/mol. The Morgan fingerprint density at radius 1 is 1.27 bits per heavy atom. The van der Waals surface area contributed by atoms with Crippen LogP contribution in [0.5, 0.6) is 0 Å². The first-order chi connectivity index (χ1) is 6.87. The van der Waals surface area contributed by atoms with E-state index < -0.39 is 5.60 Å². The van der Waals surface area contributed by atoms with Gasteiger partial charge in [-0.15, -0.1) is 0 Å². The van der Waals surface area contributed by atoms with Crippen LogP contribution in [0.1, 0.15) is 47.0 Å². The third-order valence-electron chi connectivity index (χ3n) is 1.75. The van der Waals surface area contributed by atoms with Crippen molar-refractivity contribution >= 4 is 11.9 Å². The summed E-state index contributed by atoms with van der Waals surface area (Å²) in [4.78, 5) is 22.0. The minimum atomic E-state index is -0.783. The van der Waals surface area contributed by atoms with Gasteiger partial charge in [0.25, 0.3) is 0 Å². The Balaban J connectivity index is 3.88. The first-order valence-corrected chi connectivity index (χ1v) is 5.22. The highest BCUT2D eigenvalue weighted by Crippen LogP contribution is 2.15. The fourth-order valence-corrected chi connectivity index (χ4v) is 1.15. The van der Waals surface area contributed by atoms with Crippen molar-refractivity contribution in [3.63, 3.8) is 0 Å². The fraction of sp³-hybridized carbons (Fsp3) is 0.818. The average Bonchev–Trinajstić information content (AvgIpc) is 2.00. The van der Waals surface area contributed by atoms with Crippen LogP contribution < -0.4 is 0 Å². The summed E-state index contributed by atoms with van der Waals surface area (Å²) in [6.07, 6.45) is 1.94. The molecule has 15 heavy (non-hydrogen) atoms. The van der Waals surface area contributed by atoms with E-state index in [1.54, 1.807) is 13.8 Å². The van der Waals surface area contributed by atoms with E-state index in [4.69, 9.17) is 9.47 Å². The molecule has 0 aliphatic carbocycles. The van der Waals surface area contributed by atoms with Gasteiger partial charge in [0.15, 0.2) is 0 Å². The van der Waals surface area contributed by atoms with E-state index in [2.05, 4.69) is 0 Å². The van der Waals surface area contributed by atoms with Crippen LogP contribution in [0.3, 0.4) is 0 Å². The van der Waals surface area contributed by atoms with E-state index in [-0.39, 0.29) is 18.4 Å². The fourth-order valence-electron chi connectivity index (χ4n) is 1.15. The maximum Gasteiger partial charge on any atom is 0.309 e. The average molecular weight is 216 g/mol. The van der Waals surface area contributed by atoms with Gasteiger partial charge >= 0.3 is 11.9 Å². The number of ether oxygens (including phenoxy) is 2. The van der Waals surface area contributed by atoms with Gasteiger partial charge in [0, 0.05) is 6.92 Å². The molecule has 0 atom stereocenters. The second kappa shape index (κ2) is 6.43. The zero-order chi connectivity index (χ0) is 11.9. The van der Waals surface area contributed by atoms with Crippen LogP contribution in [0.4, 0.5) is 0 Å². The molecule has 0 spiro atoms. The predicted molar refractivity (Wildman–Crippen MR) is 56.3 cm³/mol. The minimum absolute atomic E-state index is 0.0935. The molecule has 4 nitrogen and oxygen atoms in total. The van der Waals surface area contributed by atoms with E-state index in [1.165, 1.54) is 6.92 Å².